The van der Waals surface area contributed by atoms with Crippen LogP contribution in [-0.4, -0.2) is 12.9 Å². The lowest BCUT2D eigenvalue weighted by atomic mass is 10.1. The molecular formula is C23H17ClO4. The van der Waals surface area contributed by atoms with Crippen molar-refractivity contribution in [1.82, 2.24) is 0 Å². The molecule has 0 amide bonds. The minimum atomic E-state index is -0.151. The van der Waals surface area contributed by atoms with Crippen LogP contribution in [0.4, 0.5) is 0 Å². The van der Waals surface area contributed by atoms with E-state index in [1.165, 1.54) is 0 Å². The SMILES string of the molecule is COc1cccc(C=C2Oc3cc(OCc4ccc(Cl)cc4)ccc3C2=O)c1. The van der Waals surface area contributed by atoms with Gasteiger partial charge in [0, 0.05) is 11.1 Å². The van der Waals surface area contributed by atoms with Crippen LogP contribution in [0.15, 0.2) is 72.5 Å². The summed E-state index contributed by atoms with van der Waals surface area (Å²) in [4.78, 5) is 12.6. The fraction of sp³-hybridized carbons (Fsp3) is 0.0870. The number of Topliss-reactive ketones (excluding diaryl/α,β-unsaturated/α-hetero) is 1. The predicted octanol–water partition coefficient (Wildman–Crippen LogP) is 5.54. The smallest absolute Gasteiger partial charge is 0.231 e. The van der Waals surface area contributed by atoms with Gasteiger partial charge in [-0.1, -0.05) is 35.9 Å². The largest absolute Gasteiger partial charge is 0.497 e. The molecule has 4 nitrogen and oxygen atoms in total. The highest BCUT2D eigenvalue weighted by atomic mass is 35.5. The van der Waals surface area contributed by atoms with Gasteiger partial charge in [-0.3, -0.25) is 4.79 Å². The molecule has 0 saturated heterocycles. The Hall–Kier alpha value is -3.24. The standard InChI is InChI=1S/C23H17ClO4/c1-26-18-4-2-3-16(11-18)12-22-23(25)20-10-9-19(13-21(20)28-22)27-14-15-5-7-17(24)8-6-15/h2-13H,14H2,1H3. The lowest BCUT2D eigenvalue weighted by Gasteiger charge is -2.07. The molecule has 0 bridgehead atoms. The van der Waals surface area contributed by atoms with Crippen molar-refractivity contribution in [2.75, 3.05) is 7.11 Å². The lowest BCUT2D eigenvalue weighted by molar-refractivity contribution is 0.101. The van der Waals surface area contributed by atoms with Crippen molar-refractivity contribution >= 4 is 23.5 Å². The van der Waals surface area contributed by atoms with E-state index in [-0.39, 0.29) is 11.5 Å². The van der Waals surface area contributed by atoms with Crippen molar-refractivity contribution in [1.29, 1.82) is 0 Å². The third-order valence-electron chi connectivity index (χ3n) is 4.35. The highest BCUT2D eigenvalue weighted by Gasteiger charge is 2.27. The molecule has 5 heteroatoms. The topological polar surface area (TPSA) is 44.8 Å². The third kappa shape index (κ3) is 3.87. The normalized spacial score (nSPS) is 13.9. The number of methoxy groups -OCH3 is 1. The van der Waals surface area contributed by atoms with Crippen LogP contribution >= 0.6 is 11.6 Å². The Morgan fingerprint density at radius 3 is 2.61 bits per heavy atom. The van der Waals surface area contributed by atoms with Gasteiger partial charge in [0.1, 0.15) is 23.9 Å². The lowest BCUT2D eigenvalue weighted by Crippen LogP contribution is -1.98. The molecule has 0 fully saturated rings. The monoisotopic (exact) mass is 392 g/mol. The average Bonchev–Trinajstić information content (AvgIpc) is 3.02. The van der Waals surface area contributed by atoms with Crippen molar-refractivity contribution in [3.63, 3.8) is 0 Å². The van der Waals surface area contributed by atoms with Crippen molar-refractivity contribution in [2.45, 2.75) is 6.61 Å². The maximum Gasteiger partial charge on any atom is 0.231 e. The van der Waals surface area contributed by atoms with E-state index in [1.54, 1.807) is 31.4 Å². The van der Waals surface area contributed by atoms with Gasteiger partial charge in [0.15, 0.2) is 5.76 Å². The third-order valence-corrected chi connectivity index (χ3v) is 4.60. The maximum atomic E-state index is 12.6. The number of carbonyl (C=O) groups excluding carboxylic acids is 1. The second kappa shape index (κ2) is 7.79. The van der Waals surface area contributed by atoms with E-state index in [9.17, 15) is 4.79 Å². The Morgan fingerprint density at radius 1 is 1.00 bits per heavy atom. The molecule has 140 valence electrons. The molecule has 3 aromatic rings. The summed E-state index contributed by atoms with van der Waals surface area (Å²) < 4.78 is 16.8. The van der Waals surface area contributed by atoms with Gasteiger partial charge < -0.3 is 14.2 Å². The van der Waals surface area contributed by atoms with Gasteiger partial charge in [-0.2, -0.15) is 0 Å². The minimum Gasteiger partial charge on any atom is -0.497 e. The second-order valence-electron chi connectivity index (χ2n) is 6.29. The summed E-state index contributed by atoms with van der Waals surface area (Å²) in [6.45, 7) is 0.399. The number of rotatable bonds is 5. The Balaban J connectivity index is 1.50. The van der Waals surface area contributed by atoms with Crippen LogP contribution in [0.2, 0.25) is 5.02 Å². The molecule has 0 aromatic heterocycles. The number of ether oxygens (including phenoxy) is 3. The van der Waals surface area contributed by atoms with E-state index >= 15 is 0 Å². The molecule has 0 radical (unpaired) electrons. The predicted molar refractivity (Wildman–Crippen MR) is 108 cm³/mol. The summed E-state index contributed by atoms with van der Waals surface area (Å²) >= 11 is 5.89. The van der Waals surface area contributed by atoms with Crippen LogP contribution in [0, 0.1) is 0 Å². The van der Waals surface area contributed by atoms with Crippen LogP contribution < -0.4 is 14.2 Å². The fourth-order valence-corrected chi connectivity index (χ4v) is 3.01. The van der Waals surface area contributed by atoms with Gasteiger partial charge in [0.05, 0.1) is 12.7 Å². The molecule has 1 aliphatic heterocycles. The van der Waals surface area contributed by atoms with Crippen molar-refractivity contribution in [3.05, 3.63) is 94.2 Å². The van der Waals surface area contributed by atoms with Gasteiger partial charge >= 0.3 is 0 Å². The summed E-state index contributed by atoms with van der Waals surface area (Å²) in [5, 5.41) is 0.684. The van der Waals surface area contributed by atoms with Gasteiger partial charge in [0.25, 0.3) is 0 Å². The number of carbonyl (C=O) groups is 1. The molecule has 0 aliphatic carbocycles. The molecule has 0 spiro atoms. The molecule has 0 N–H and O–H groups in total. The van der Waals surface area contributed by atoms with Gasteiger partial charge in [-0.15, -0.1) is 0 Å². The number of ketones is 1. The van der Waals surface area contributed by atoms with Crippen LogP contribution in [0.25, 0.3) is 6.08 Å². The second-order valence-corrected chi connectivity index (χ2v) is 6.73. The van der Waals surface area contributed by atoms with Crippen LogP contribution in [-0.2, 0) is 6.61 Å². The molecule has 1 aliphatic rings. The highest BCUT2D eigenvalue weighted by molar-refractivity contribution is 6.30. The number of allylic oxidation sites excluding steroid dienone is 1. The Labute approximate surface area is 167 Å². The first-order chi connectivity index (χ1) is 13.6. The number of hydrogen-bond donors (Lipinski definition) is 0. The van der Waals surface area contributed by atoms with E-state index in [0.29, 0.717) is 28.7 Å². The van der Waals surface area contributed by atoms with E-state index < -0.39 is 0 Å². The first-order valence-corrected chi connectivity index (χ1v) is 9.10. The summed E-state index contributed by atoms with van der Waals surface area (Å²) in [6.07, 6.45) is 1.71. The Morgan fingerprint density at radius 2 is 1.82 bits per heavy atom. The van der Waals surface area contributed by atoms with Gasteiger partial charge in [-0.25, -0.2) is 0 Å². The van der Waals surface area contributed by atoms with Crippen molar-refractivity contribution in [2.24, 2.45) is 0 Å². The molecule has 4 rings (SSSR count). The highest BCUT2D eigenvalue weighted by Crippen LogP contribution is 2.35. The van der Waals surface area contributed by atoms with E-state index in [0.717, 1.165) is 16.9 Å². The molecule has 0 saturated carbocycles. The fourth-order valence-electron chi connectivity index (χ4n) is 2.89. The summed E-state index contributed by atoms with van der Waals surface area (Å²) in [7, 11) is 1.60. The molecule has 3 aromatic carbocycles. The number of benzene rings is 3. The molecule has 28 heavy (non-hydrogen) atoms. The quantitative estimate of drug-likeness (QED) is 0.534. The molecule has 0 unspecified atom stereocenters. The summed E-state index contributed by atoms with van der Waals surface area (Å²) in [5.74, 6) is 1.97. The zero-order chi connectivity index (χ0) is 19.5. The maximum absolute atomic E-state index is 12.6. The van der Waals surface area contributed by atoms with E-state index in [2.05, 4.69) is 0 Å². The zero-order valence-corrected chi connectivity index (χ0v) is 15.9. The summed E-state index contributed by atoms with van der Waals surface area (Å²) in [5.41, 5.74) is 2.35. The van der Waals surface area contributed by atoms with Crippen LogP contribution in [0.1, 0.15) is 21.5 Å². The van der Waals surface area contributed by atoms with Crippen molar-refractivity contribution in [3.8, 4) is 17.2 Å². The van der Waals surface area contributed by atoms with Crippen molar-refractivity contribution < 1.29 is 19.0 Å². The average molecular weight is 393 g/mol. The first-order valence-electron chi connectivity index (χ1n) is 8.72. The minimum absolute atomic E-state index is 0.151. The van der Waals surface area contributed by atoms with Crippen LogP contribution in [0.5, 0.6) is 17.2 Å². The molecule has 0 atom stereocenters. The molecule has 1 heterocycles. The number of hydrogen-bond acceptors (Lipinski definition) is 4. The first kappa shape index (κ1) is 18.1. The molecular weight excluding hydrogens is 376 g/mol. The van der Waals surface area contributed by atoms with E-state index in [4.69, 9.17) is 25.8 Å². The Kier molecular flexibility index (Phi) is 5.04. The number of fused-ring (bicyclic) bond motifs is 1. The van der Waals surface area contributed by atoms with E-state index in [1.807, 2.05) is 48.5 Å². The number of halogens is 1. The zero-order valence-electron chi connectivity index (χ0n) is 15.1. The Bertz CT molecular complexity index is 1050. The van der Waals surface area contributed by atoms with Crippen LogP contribution in [0.3, 0.4) is 0 Å². The van der Waals surface area contributed by atoms with Gasteiger partial charge in [0.2, 0.25) is 5.78 Å². The summed E-state index contributed by atoms with van der Waals surface area (Å²) in [6, 6.07) is 20.1. The van der Waals surface area contributed by atoms with Gasteiger partial charge in [-0.05, 0) is 53.6 Å².